The van der Waals surface area contributed by atoms with E-state index >= 15 is 0 Å². The van der Waals surface area contributed by atoms with E-state index in [9.17, 15) is 5.11 Å². The third-order valence-corrected chi connectivity index (χ3v) is 4.94. The lowest BCUT2D eigenvalue weighted by Crippen LogP contribution is -1.97. The van der Waals surface area contributed by atoms with Crippen molar-refractivity contribution >= 4 is 6.08 Å². The Kier molecular flexibility index (Phi) is 7.54. The van der Waals surface area contributed by atoms with Gasteiger partial charge in [-0.05, 0) is 60.9 Å². The first-order chi connectivity index (χ1) is 14.2. The molecule has 0 bridgehead atoms. The summed E-state index contributed by atoms with van der Waals surface area (Å²) in [5, 5.41) is 9.28. The van der Waals surface area contributed by atoms with Gasteiger partial charge in [-0.2, -0.15) is 0 Å². The van der Waals surface area contributed by atoms with Crippen molar-refractivity contribution in [3.63, 3.8) is 0 Å². The molecule has 2 heteroatoms. The van der Waals surface area contributed by atoms with Gasteiger partial charge in [-0.1, -0.05) is 72.8 Å². The van der Waals surface area contributed by atoms with Gasteiger partial charge < -0.3 is 5.11 Å². The third kappa shape index (κ3) is 6.27. The van der Waals surface area contributed by atoms with Crippen LogP contribution >= 0.6 is 0 Å². The van der Waals surface area contributed by atoms with Crippen molar-refractivity contribution < 1.29 is 5.11 Å². The molecule has 148 valence electrons. The first-order valence-electron chi connectivity index (χ1n) is 10.3. The summed E-state index contributed by atoms with van der Waals surface area (Å²) in [4.78, 5) is 4.61. The molecule has 0 fully saturated rings. The fourth-order valence-corrected chi connectivity index (χ4v) is 3.26. The van der Waals surface area contributed by atoms with Crippen LogP contribution < -0.4 is 0 Å². The van der Waals surface area contributed by atoms with E-state index < -0.39 is 0 Å². The third-order valence-electron chi connectivity index (χ3n) is 4.94. The monoisotopic (exact) mass is 383 g/mol. The maximum absolute atomic E-state index is 9.28. The van der Waals surface area contributed by atoms with E-state index in [1.807, 2.05) is 19.2 Å². The standard InChI is InChI=1S/C27H29NO/c1-3-7-22-10-13-24(14-11-22)25-15-17-26(18-16-25)27-19-12-23(20-28-27)9-6-4-5-8-21(2)29/h3,6,9-21,29H,1,4-5,7-8H2,2H3/b9-6+. The SMILES string of the molecule is C=CCc1ccc(-c2ccc(-c3ccc(/C=C/CCCC(C)O)cn3)cc2)cc1. The second kappa shape index (κ2) is 10.5. The number of hydrogen-bond acceptors (Lipinski definition) is 2. The van der Waals surface area contributed by atoms with Crippen LogP contribution in [0.15, 0.2) is 85.6 Å². The number of allylic oxidation sites excluding steroid dienone is 2. The molecule has 0 aliphatic carbocycles. The fourth-order valence-electron chi connectivity index (χ4n) is 3.26. The highest BCUT2D eigenvalue weighted by atomic mass is 16.3. The Bertz CT molecular complexity index is 920. The Balaban J connectivity index is 1.62. The van der Waals surface area contributed by atoms with Crippen molar-refractivity contribution in [3.8, 4) is 22.4 Å². The Morgan fingerprint density at radius 3 is 2.17 bits per heavy atom. The molecular formula is C27H29NO. The molecule has 1 heterocycles. The lowest BCUT2D eigenvalue weighted by molar-refractivity contribution is 0.182. The van der Waals surface area contributed by atoms with E-state index in [0.717, 1.165) is 42.5 Å². The zero-order valence-electron chi connectivity index (χ0n) is 17.1. The molecule has 1 N–H and O–H groups in total. The van der Waals surface area contributed by atoms with Gasteiger partial charge >= 0.3 is 0 Å². The summed E-state index contributed by atoms with van der Waals surface area (Å²) >= 11 is 0. The van der Waals surface area contributed by atoms with Crippen LogP contribution in [-0.4, -0.2) is 16.2 Å². The summed E-state index contributed by atoms with van der Waals surface area (Å²) in [6.45, 7) is 5.62. The quantitative estimate of drug-likeness (QED) is 0.329. The molecule has 3 rings (SSSR count). The number of hydrogen-bond donors (Lipinski definition) is 1. The van der Waals surface area contributed by atoms with E-state index in [0.29, 0.717) is 0 Å². The molecule has 1 unspecified atom stereocenters. The molecule has 1 atom stereocenters. The summed E-state index contributed by atoms with van der Waals surface area (Å²) in [5.41, 5.74) is 6.89. The number of rotatable bonds is 9. The Morgan fingerprint density at radius 1 is 0.931 bits per heavy atom. The van der Waals surface area contributed by atoms with Crippen LogP contribution in [0.3, 0.4) is 0 Å². The van der Waals surface area contributed by atoms with Gasteiger partial charge in [0.2, 0.25) is 0 Å². The largest absolute Gasteiger partial charge is 0.393 e. The minimum atomic E-state index is -0.215. The second-order valence-corrected chi connectivity index (χ2v) is 7.43. The highest BCUT2D eigenvalue weighted by molar-refractivity contribution is 5.69. The lowest BCUT2D eigenvalue weighted by atomic mass is 10.0. The van der Waals surface area contributed by atoms with Crippen LogP contribution in [0.4, 0.5) is 0 Å². The van der Waals surface area contributed by atoms with E-state index in [1.165, 1.54) is 16.7 Å². The molecule has 2 nitrogen and oxygen atoms in total. The Hall–Kier alpha value is -2.97. The van der Waals surface area contributed by atoms with E-state index in [4.69, 9.17) is 0 Å². The second-order valence-electron chi connectivity index (χ2n) is 7.43. The molecule has 3 aromatic rings. The van der Waals surface area contributed by atoms with E-state index in [1.54, 1.807) is 0 Å². The molecule has 1 aromatic heterocycles. The summed E-state index contributed by atoms with van der Waals surface area (Å²) in [6.07, 6.45) is 11.6. The number of benzene rings is 2. The Labute approximate surface area is 174 Å². The molecule has 2 aromatic carbocycles. The lowest BCUT2D eigenvalue weighted by Gasteiger charge is -2.06. The molecule has 0 radical (unpaired) electrons. The average Bonchev–Trinajstić information content (AvgIpc) is 2.75. The topological polar surface area (TPSA) is 33.1 Å². The number of pyridine rings is 1. The van der Waals surface area contributed by atoms with Gasteiger partial charge in [0.25, 0.3) is 0 Å². The highest BCUT2D eigenvalue weighted by Crippen LogP contribution is 2.24. The molecule has 0 saturated carbocycles. The number of aliphatic hydroxyl groups is 1. The molecule has 0 amide bonds. The zero-order chi connectivity index (χ0) is 20.5. The molecule has 0 saturated heterocycles. The van der Waals surface area contributed by atoms with Gasteiger partial charge in [0.1, 0.15) is 0 Å². The maximum atomic E-state index is 9.28. The van der Waals surface area contributed by atoms with Crippen LogP contribution in [0.5, 0.6) is 0 Å². The number of unbranched alkanes of at least 4 members (excludes halogenated alkanes) is 1. The van der Waals surface area contributed by atoms with Gasteiger partial charge in [0.05, 0.1) is 11.8 Å². The van der Waals surface area contributed by atoms with Crippen molar-refractivity contribution in [1.29, 1.82) is 0 Å². The van der Waals surface area contributed by atoms with Gasteiger partial charge in [-0.3, -0.25) is 4.98 Å². The van der Waals surface area contributed by atoms with Crippen LogP contribution in [0.25, 0.3) is 28.5 Å². The van der Waals surface area contributed by atoms with Crippen LogP contribution in [0, 0.1) is 0 Å². The van der Waals surface area contributed by atoms with Gasteiger partial charge in [0.15, 0.2) is 0 Å². The predicted octanol–water partition coefficient (Wildman–Crippen LogP) is 6.71. The number of nitrogens with zero attached hydrogens (tertiary/aromatic N) is 1. The van der Waals surface area contributed by atoms with Gasteiger partial charge in [-0.15, -0.1) is 6.58 Å². The molecule has 0 aliphatic heterocycles. The van der Waals surface area contributed by atoms with Crippen molar-refractivity contribution in [3.05, 3.63) is 96.7 Å². The number of aliphatic hydroxyl groups excluding tert-OH is 1. The predicted molar refractivity (Wildman–Crippen MR) is 124 cm³/mol. The minimum Gasteiger partial charge on any atom is -0.393 e. The average molecular weight is 384 g/mol. The van der Waals surface area contributed by atoms with Gasteiger partial charge in [-0.25, -0.2) is 0 Å². The van der Waals surface area contributed by atoms with Crippen molar-refractivity contribution in [2.75, 3.05) is 0 Å². The first-order valence-corrected chi connectivity index (χ1v) is 10.3. The maximum Gasteiger partial charge on any atom is 0.0702 e. The smallest absolute Gasteiger partial charge is 0.0702 e. The van der Waals surface area contributed by atoms with Crippen molar-refractivity contribution in [2.45, 2.75) is 38.7 Å². The first kappa shape index (κ1) is 20.8. The minimum absolute atomic E-state index is 0.215. The van der Waals surface area contributed by atoms with Crippen LogP contribution in [0.2, 0.25) is 0 Å². The van der Waals surface area contributed by atoms with Crippen molar-refractivity contribution in [2.24, 2.45) is 0 Å². The summed E-state index contributed by atoms with van der Waals surface area (Å²) < 4.78 is 0. The fraction of sp³-hybridized carbons (Fsp3) is 0.222. The Morgan fingerprint density at radius 2 is 1.59 bits per heavy atom. The molecule has 0 aliphatic rings. The molecule has 0 spiro atoms. The highest BCUT2D eigenvalue weighted by Gasteiger charge is 2.02. The van der Waals surface area contributed by atoms with Crippen molar-refractivity contribution in [1.82, 2.24) is 4.98 Å². The summed E-state index contributed by atoms with van der Waals surface area (Å²) in [6, 6.07) is 21.3. The van der Waals surface area contributed by atoms with Crippen LogP contribution in [0.1, 0.15) is 37.3 Å². The van der Waals surface area contributed by atoms with E-state index in [2.05, 4.69) is 84.4 Å². The van der Waals surface area contributed by atoms with Crippen LogP contribution in [-0.2, 0) is 6.42 Å². The zero-order valence-corrected chi connectivity index (χ0v) is 17.1. The summed E-state index contributed by atoms with van der Waals surface area (Å²) in [5.74, 6) is 0. The summed E-state index contributed by atoms with van der Waals surface area (Å²) in [7, 11) is 0. The molecular weight excluding hydrogens is 354 g/mol. The number of aromatic nitrogens is 1. The molecule has 29 heavy (non-hydrogen) atoms. The van der Waals surface area contributed by atoms with Gasteiger partial charge in [0, 0.05) is 11.8 Å². The van der Waals surface area contributed by atoms with E-state index in [-0.39, 0.29) is 6.10 Å². The normalized spacial score (nSPS) is 12.2.